The van der Waals surface area contributed by atoms with Gasteiger partial charge in [0.1, 0.15) is 18.5 Å². The second-order valence-electron chi connectivity index (χ2n) is 6.60. The monoisotopic (exact) mass is 392 g/mol. The summed E-state index contributed by atoms with van der Waals surface area (Å²) in [6, 6.07) is 11.5. The van der Waals surface area contributed by atoms with Crippen molar-refractivity contribution in [2.45, 2.75) is 32.7 Å². The van der Waals surface area contributed by atoms with Gasteiger partial charge in [0.05, 0.1) is 17.6 Å². The van der Waals surface area contributed by atoms with Crippen molar-refractivity contribution in [3.63, 3.8) is 0 Å². The van der Waals surface area contributed by atoms with Gasteiger partial charge in [-0.05, 0) is 37.6 Å². The molecule has 0 radical (unpaired) electrons. The molecular weight excluding hydrogens is 373 g/mol. The van der Waals surface area contributed by atoms with Gasteiger partial charge in [-0.2, -0.15) is 13.2 Å². The van der Waals surface area contributed by atoms with Crippen LogP contribution in [0.25, 0.3) is 11.0 Å². The maximum absolute atomic E-state index is 13.2. The third-order valence-electron chi connectivity index (χ3n) is 4.28. The zero-order valence-electron chi connectivity index (χ0n) is 15.3. The number of halogens is 3. The lowest BCUT2D eigenvalue weighted by atomic mass is 10.1. The molecule has 0 unspecified atom stereocenters. The number of aryl methyl sites for hydroxylation is 2. The van der Waals surface area contributed by atoms with Crippen molar-refractivity contribution in [2.75, 3.05) is 6.61 Å². The maximum atomic E-state index is 13.2. The number of aliphatic hydroxyl groups is 1. The van der Waals surface area contributed by atoms with Gasteiger partial charge in [-0.25, -0.2) is 4.98 Å². The van der Waals surface area contributed by atoms with Crippen LogP contribution in [0, 0.1) is 13.8 Å². The summed E-state index contributed by atoms with van der Waals surface area (Å²) in [6.45, 7) is 3.26. The van der Waals surface area contributed by atoms with Gasteiger partial charge in [0, 0.05) is 0 Å². The number of benzene rings is 2. The number of fused-ring (bicyclic) bond motifs is 1. The fourth-order valence-electron chi connectivity index (χ4n) is 2.97. The number of alkyl halides is 3. The Morgan fingerprint density at radius 3 is 2.57 bits per heavy atom. The van der Waals surface area contributed by atoms with Crippen molar-refractivity contribution in [1.29, 1.82) is 0 Å². The van der Waals surface area contributed by atoms with Gasteiger partial charge in [0.2, 0.25) is 5.69 Å². The van der Waals surface area contributed by atoms with Gasteiger partial charge in [-0.15, -0.1) is 0 Å². The first kappa shape index (κ1) is 19.9. The summed E-state index contributed by atoms with van der Waals surface area (Å²) in [6.07, 6.45) is -6.08. The number of rotatable bonds is 5. The molecule has 0 aliphatic rings. The molecule has 1 aromatic heterocycles. The first-order chi connectivity index (χ1) is 13.2. The fourth-order valence-corrected chi connectivity index (χ4v) is 2.97. The van der Waals surface area contributed by atoms with Gasteiger partial charge in [-0.1, -0.05) is 29.8 Å². The number of nitrogens with zero attached hydrogens (tertiary/aromatic N) is 2. The lowest BCUT2D eigenvalue weighted by Crippen LogP contribution is -2.35. The van der Waals surface area contributed by atoms with Crippen molar-refractivity contribution in [3.8, 4) is 5.75 Å². The smallest absolute Gasteiger partial charge is 0.438 e. The predicted octanol–water partition coefficient (Wildman–Crippen LogP) is 3.47. The molecule has 3 aromatic rings. The van der Waals surface area contributed by atoms with Crippen molar-refractivity contribution in [3.05, 3.63) is 69.6 Å². The molecule has 0 bridgehead atoms. The minimum Gasteiger partial charge on any atom is -0.491 e. The topological polar surface area (TPSA) is 64.3 Å². The lowest BCUT2D eigenvalue weighted by molar-refractivity contribution is -0.142. The number of ether oxygens (including phenoxy) is 1. The number of para-hydroxylation sites is 2. The van der Waals surface area contributed by atoms with E-state index in [0.717, 1.165) is 15.7 Å². The molecule has 8 heteroatoms. The van der Waals surface area contributed by atoms with E-state index >= 15 is 0 Å². The number of hydrogen-bond donors (Lipinski definition) is 1. The van der Waals surface area contributed by atoms with Gasteiger partial charge in [0.25, 0.3) is 5.56 Å². The Labute approximate surface area is 159 Å². The summed E-state index contributed by atoms with van der Waals surface area (Å²) in [5.74, 6) is 0.563. The molecule has 1 heterocycles. The van der Waals surface area contributed by atoms with E-state index in [1.165, 1.54) is 18.2 Å². The van der Waals surface area contributed by atoms with Gasteiger partial charge >= 0.3 is 6.18 Å². The van der Waals surface area contributed by atoms with E-state index in [-0.39, 0.29) is 24.2 Å². The first-order valence-electron chi connectivity index (χ1n) is 8.61. The zero-order valence-corrected chi connectivity index (χ0v) is 15.3. The molecule has 5 nitrogen and oxygen atoms in total. The highest BCUT2D eigenvalue weighted by Crippen LogP contribution is 2.26. The summed E-state index contributed by atoms with van der Waals surface area (Å²) < 4.78 is 46.0. The average Bonchev–Trinajstić information content (AvgIpc) is 2.62. The Morgan fingerprint density at radius 1 is 1.18 bits per heavy atom. The van der Waals surface area contributed by atoms with Crippen LogP contribution < -0.4 is 10.3 Å². The summed E-state index contributed by atoms with van der Waals surface area (Å²) in [5.41, 5.74) is -0.633. The third kappa shape index (κ3) is 4.17. The largest absolute Gasteiger partial charge is 0.491 e. The molecule has 148 valence electrons. The summed E-state index contributed by atoms with van der Waals surface area (Å²) in [4.78, 5) is 15.8. The van der Waals surface area contributed by atoms with Crippen molar-refractivity contribution in [2.24, 2.45) is 0 Å². The minimum atomic E-state index is -4.89. The lowest BCUT2D eigenvalue weighted by Gasteiger charge is -2.18. The Hall–Kier alpha value is -2.87. The van der Waals surface area contributed by atoms with Crippen molar-refractivity contribution in [1.82, 2.24) is 9.55 Å². The van der Waals surface area contributed by atoms with Crippen LogP contribution in [0.15, 0.2) is 47.3 Å². The Balaban J connectivity index is 1.88. The van der Waals surface area contributed by atoms with E-state index in [9.17, 15) is 23.1 Å². The molecule has 0 saturated carbocycles. The normalized spacial score (nSPS) is 12.9. The van der Waals surface area contributed by atoms with Crippen LogP contribution in [0.5, 0.6) is 5.75 Å². The molecule has 2 aromatic carbocycles. The van der Waals surface area contributed by atoms with E-state index in [1.807, 2.05) is 26.0 Å². The predicted molar refractivity (Wildman–Crippen MR) is 98.4 cm³/mol. The van der Waals surface area contributed by atoms with E-state index in [2.05, 4.69) is 4.98 Å². The standard InChI is InChI=1S/C20H19F3N2O3/c1-12-7-8-17(13(2)9-12)28-11-14(26)10-25-16-6-4-3-5-15(16)24-18(19(25)27)20(21,22)23/h3-9,14,26H,10-11H2,1-2H3/t14-/m0/s1. The first-order valence-corrected chi connectivity index (χ1v) is 8.61. The van der Waals surface area contributed by atoms with E-state index in [4.69, 9.17) is 4.74 Å². The van der Waals surface area contributed by atoms with E-state index in [0.29, 0.717) is 5.75 Å². The third-order valence-corrected chi connectivity index (χ3v) is 4.28. The molecule has 28 heavy (non-hydrogen) atoms. The van der Waals surface area contributed by atoms with E-state index in [1.54, 1.807) is 12.1 Å². The highest BCUT2D eigenvalue weighted by molar-refractivity contribution is 5.74. The molecule has 0 amide bonds. The highest BCUT2D eigenvalue weighted by Gasteiger charge is 2.37. The number of aromatic nitrogens is 2. The van der Waals surface area contributed by atoms with Crippen LogP contribution in [0.1, 0.15) is 16.8 Å². The average molecular weight is 392 g/mol. The van der Waals surface area contributed by atoms with Crippen LogP contribution in [0.3, 0.4) is 0 Å². The summed E-state index contributed by atoms with van der Waals surface area (Å²) >= 11 is 0. The molecule has 0 spiro atoms. The second kappa shape index (κ2) is 7.63. The molecule has 1 N–H and O–H groups in total. The molecule has 0 aliphatic carbocycles. The molecule has 0 fully saturated rings. The van der Waals surface area contributed by atoms with Crippen molar-refractivity contribution >= 4 is 11.0 Å². The van der Waals surface area contributed by atoms with Crippen LogP contribution in [-0.2, 0) is 12.7 Å². The zero-order chi connectivity index (χ0) is 20.5. The highest BCUT2D eigenvalue weighted by atomic mass is 19.4. The fraction of sp³-hybridized carbons (Fsp3) is 0.300. The van der Waals surface area contributed by atoms with Crippen molar-refractivity contribution < 1.29 is 23.0 Å². The van der Waals surface area contributed by atoms with Crippen LogP contribution in [-0.4, -0.2) is 27.4 Å². The molecule has 0 saturated heterocycles. The van der Waals surface area contributed by atoms with E-state index < -0.39 is 23.5 Å². The molecular formula is C20H19F3N2O3. The molecule has 1 atom stereocenters. The van der Waals surface area contributed by atoms with Crippen LogP contribution in [0.4, 0.5) is 13.2 Å². The molecule has 0 aliphatic heterocycles. The van der Waals surface area contributed by atoms with Crippen LogP contribution in [0.2, 0.25) is 0 Å². The van der Waals surface area contributed by atoms with Gasteiger partial charge in [0.15, 0.2) is 0 Å². The van der Waals surface area contributed by atoms with Gasteiger partial charge in [-0.3, -0.25) is 4.79 Å². The number of aliphatic hydroxyl groups excluding tert-OH is 1. The second-order valence-corrected chi connectivity index (χ2v) is 6.60. The molecule has 3 rings (SSSR count). The SMILES string of the molecule is Cc1ccc(OC[C@@H](O)Cn2c(=O)c(C(F)(F)F)nc3ccccc32)c(C)c1. The van der Waals surface area contributed by atoms with Gasteiger partial charge < -0.3 is 14.4 Å². The Kier molecular flexibility index (Phi) is 5.42. The summed E-state index contributed by atoms with van der Waals surface area (Å²) in [5, 5.41) is 10.3. The quantitative estimate of drug-likeness (QED) is 0.722. The Bertz CT molecular complexity index is 1060. The maximum Gasteiger partial charge on any atom is 0.438 e. The summed E-state index contributed by atoms with van der Waals surface area (Å²) in [7, 11) is 0. The number of hydrogen-bond acceptors (Lipinski definition) is 4. The minimum absolute atomic E-state index is 0.0249. The van der Waals surface area contributed by atoms with Crippen LogP contribution >= 0.6 is 0 Å². The Morgan fingerprint density at radius 2 is 1.89 bits per heavy atom.